The maximum absolute atomic E-state index is 11.9. The molecule has 1 aromatic heterocycles. The molecule has 0 atom stereocenters. The Morgan fingerprint density at radius 3 is 2.72 bits per heavy atom. The lowest BCUT2D eigenvalue weighted by Gasteiger charge is -2.08. The van der Waals surface area contributed by atoms with Gasteiger partial charge in [-0.25, -0.2) is 4.79 Å². The summed E-state index contributed by atoms with van der Waals surface area (Å²) in [5, 5.41) is 3.28. The predicted molar refractivity (Wildman–Crippen MR) is 69.1 cm³/mol. The van der Waals surface area contributed by atoms with Gasteiger partial charge in [0.25, 0.3) is 5.91 Å². The van der Waals surface area contributed by atoms with E-state index >= 15 is 0 Å². The van der Waals surface area contributed by atoms with Gasteiger partial charge in [0.15, 0.2) is 0 Å². The molecule has 92 valence electrons. The quantitative estimate of drug-likeness (QED) is 0.906. The lowest BCUT2D eigenvalue weighted by Crippen LogP contribution is -2.13. The summed E-state index contributed by atoms with van der Waals surface area (Å²) < 4.78 is 4.63. The van der Waals surface area contributed by atoms with E-state index in [1.54, 1.807) is 18.2 Å². The zero-order valence-corrected chi connectivity index (χ0v) is 10.3. The molecule has 0 saturated heterocycles. The first-order valence-corrected chi connectivity index (χ1v) is 5.61. The smallest absolute Gasteiger partial charge is 0.335 e. The second kappa shape index (κ2) is 5.06. The summed E-state index contributed by atoms with van der Waals surface area (Å²) in [7, 11) is 0. The molecule has 0 spiro atoms. The summed E-state index contributed by atoms with van der Waals surface area (Å²) in [6.45, 7) is 1.81. The van der Waals surface area contributed by atoms with Crippen molar-refractivity contribution in [3.8, 4) is 0 Å². The molecule has 2 aromatic rings. The summed E-state index contributed by atoms with van der Waals surface area (Å²) in [6, 6.07) is 7.84. The predicted octanol–water partition coefficient (Wildman–Crippen LogP) is 2.85. The van der Waals surface area contributed by atoms with Gasteiger partial charge in [-0.3, -0.25) is 4.79 Å². The fraction of sp³-hybridized carbons (Fsp3) is 0.0769. The number of rotatable bonds is 2. The first-order chi connectivity index (χ1) is 8.58. The van der Waals surface area contributed by atoms with E-state index in [1.165, 1.54) is 12.1 Å². The van der Waals surface area contributed by atoms with Crippen LogP contribution in [0.3, 0.4) is 0 Å². The normalized spacial score (nSPS) is 10.1. The van der Waals surface area contributed by atoms with Gasteiger partial charge in [0.2, 0.25) is 0 Å². The molecule has 0 unspecified atom stereocenters. The summed E-state index contributed by atoms with van der Waals surface area (Å²) in [4.78, 5) is 22.7. The van der Waals surface area contributed by atoms with Crippen LogP contribution in [-0.2, 0) is 0 Å². The van der Waals surface area contributed by atoms with Crippen molar-refractivity contribution in [1.82, 2.24) is 0 Å². The second-order valence-corrected chi connectivity index (χ2v) is 4.12. The third-order valence-corrected chi connectivity index (χ3v) is 2.89. The summed E-state index contributed by atoms with van der Waals surface area (Å²) in [5.74, 6) is -0.357. The van der Waals surface area contributed by atoms with E-state index in [4.69, 9.17) is 11.6 Å². The minimum atomic E-state index is -0.495. The number of benzene rings is 1. The second-order valence-electron chi connectivity index (χ2n) is 3.71. The molecular formula is C13H10ClNO3. The van der Waals surface area contributed by atoms with Crippen LogP contribution in [0.2, 0.25) is 5.02 Å². The Bertz CT molecular complexity index is 628. The SMILES string of the molecule is Cc1c(Cl)cccc1NC(=O)c1ccc(=O)oc1. The molecule has 0 fully saturated rings. The number of nitrogens with one attached hydrogen (secondary N) is 1. The van der Waals surface area contributed by atoms with Gasteiger partial charge in [0.1, 0.15) is 6.26 Å². The van der Waals surface area contributed by atoms with Crippen molar-refractivity contribution in [2.75, 3.05) is 5.32 Å². The number of halogens is 1. The van der Waals surface area contributed by atoms with E-state index in [0.717, 1.165) is 11.8 Å². The number of amides is 1. The molecule has 18 heavy (non-hydrogen) atoms. The van der Waals surface area contributed by atoms with Crippen LogP contribution in [0.15, 0.2) is 45.8 Å². The Labute approximate surface area is 108 Å². The fourth-order valence-corrected chi connectivity index (χ4v) is 1.60. The molecule has 1 heterocycles. The lowest BCUT2D eigenvalue weighted by molar-refractivity contribution is 0.102. The van der Waals surface area contributed by atoms with Crippen molar-refractivity contribution >= 4 is 23.2 Å². The third-order valence-electron chi connectivity index (χ3n) is 2.48. The van der Waals surface area contributed by atoms with E-state index in [-0.39, 0.29) is 11.5 Å². The minimum absolute atomic E-state index is 0.272. The van der Waals surface area contributed by atoms with Crippen molar-refractivity contribution in [2.24, 2.45) is 0 Å². The van der Waals surface area contributed by atoms with Crippen LogP contribution in [0.4, 0.5) is 5.69 Å². The first-order valence-electron chi connectivity index (χ1n) is 5.23. The number of anilines is 1. The fourth-order valence-electron chi connectivity index (χ4n) is 1.42. The largest absolute Gasteiger partial charge is 0.430 e. The molecule has 1 amide bonds. The number of carbonyl (C=O) groups excluding carboxylic acids is 1. The Morgan fingerprint density at radius 1 is 1.28 bits per heavy atom. The van der Waals surface area contributed by atoms with E-state index in [0.29, 0.717) is 10.7 Å². The van der Waals surface area contributed by atoms with Crippen LogP contribution in [0, 0.1) is 6.92 Å². The van der Waals surface area contributed by atoms with E-state index in [2.05, 4.69) is 9.73 Å². The number of hydrogen-bond donors (Lipinski definition) is 1. The Kier molecular flexibility index (Phi) is 3.48. The summed E-state index contributed by atoms with van der Waals surface area (Å²) >= 11 is 5.95. The molecule has 5 heteroatoms. The molecule has 0 aliphatic heterocycles. The summed E-state index contributed by atoms with van der Waals surface area (Å²) in [6.07, 6.45) is 1.12. The minimum Gasteiger partial charge on any atom is -0.430 e. The van der Waals surface area contributed by atoms with Crippen molar-refractivity contribution in [3.63, 3.8) is 0 Å². The molecule has 0 aliphatic rings. The molecule has 0 aliphatic carbocycles. The molecule has 0 saturated carbocycles. The maximum Gasteiger partial charge on any atom is 0.335 e. The Balaban J connectivity index is 2.24. The molecule has 0 bridgehead atoms. The Hall–Kier alpha value is -2.07. The molecular weight excluding hydrogens is 254 g/mol. The Morgan fingerprint density at radius 2 is 2.06 bits per heavy atom. The van der Waals surface area contributed by atoms with E-state index in [1.807, 2.05) is 6.92 Å². The average molecular weight is 264 g/mol. The van der Waals surface area contributed by atoms with Gasteiger partial charge in [0, 0.05) is 16.8 Å². The average Bonchev–Trinajstić information content (AvgIpc) is 2.36. The zero-order chi connectivity index (χ0) is 13.1. The molecule has 4 nitrogen and oxygen atoms in total. The van der Waals surface area contributed by atoms with Crippen molar-refractivity contribution in [3.05, 3.63) is 63.2 Å². The molecule has 2 rings (SSSR count). The van der Waals surface area contributed by atoms with Gasteiger partial charge in [-0.1, -0.05) is 17.7 Å². The number of hydrogen-bond acceptors (Lipinski definition) is 3. The highest BCUT2D eigenvalue weighted by Crippen LogP contribution is 2.23. The lowest BCUT2D eigenvalue weighted by atomic mass is 10.2. The third kappa shape index (κ3) is 2.60. The highest BCUT2D eigenvalue weighted by atomic mass is 35.5. The molecule has 1 aromatic carbocycles. The topological polar surface area (TPSA) is 59.3 Å². The van der Waals surface area contributed by atoms with Crippen LogP contribution in [0.1, 0.15) is 15.9 Å². The van der Waals surface area contributed by atoms with Gasteiger partial charge in [-0.2, -0.15) is 0 Å². The zero-order valence-electron chi connectivity index (χ0n) is 9.57. The highest BCUT2D eigenvalue weighted by Gasteiger charge is 2.09. The first kappa shape index (κ1) is 12.4. The highest BCUT2D eigenvalue weighted by molar-refractivity contribution is 6.31. The van der Waals surface area contributed by atoms with Crippen LogP contribution in [0.25, 0.3) is 0 Å². The van der Waals surface area contributed by atoms with Gasteiger partial charge in [0.05, 0.1) is 5.56 Å². The van der Waals surface area contributed by atoms with Gasteiger partial charge < -0.3 is 9.73 Å². The van der Waals surface area contributed by atoms with Gasteiger partial charge in [-0.05, 0) is 30.7 Å². The van der Waals surface area contributed by atoms with Gasteiger partial charge >= 0.3 is 5.63 Å². The van der Waals surface area contributed by atoms with Crippen LogP contribution in [0.5, 0.6) is 0 Å². The maximum atomic E-state index is 11.9. The number of carbonyl (C=O) groups is 1. The van der Waals surface area contributed by atoms with E-state index < -0.39 is 5.63 Å². The molecule has 1 N–H and O–H groups in total. The van der Waals surface area contributed by atoms with Crippen LogP contribution >= 0.6 is 11.6 Å². The van der Waals surface area contributed by atoms with Crippen molar-refractivity contribution in [2.45, 2.75) is 6.92 Å². The van der Waals surface area contributed by atoms with Crippen molar-refractivity contribution in [1.29, 1.82) is 0 Å². The monoisotopic (exact) mass is 263 g/mol. The summed E-state index contributed by atoms with van der Waals surface area (Å²) in [5.41, 5.74) is 1.18. The molecule has 0 radical (unpaired) electrons. The standard InChI is InChI=1S/C13H10ClNO3/c1-8-10(14)3-2-4-11(8)15-13(17)9-5-6-12(16)18-7-9/h2-7H,1H3,(H,15,17). The van der Waals surface area contributed by atoms with Crippen LogP contribution in [-0.4, -0.2) is 5.91 Å². The van der Waals surface area contributed by atoms with Crippen LogP contribution < -0.4 is 10.9 Å². The van der Waals surface area contributed by atoms with Crippen molar-refractivity contribution < 1.29 is 9.21 Å². The van der Waals surface area contributed by atoms with Gasteiger partial charge in [-0.15, -0.1) is 0 Å². The van der Waals surface area contributed by atoms with E-state index in [9.17, 15) is 9.59 Å².